The first kappa shape index (κ1) is 25.8. The molecule has 1 rings (SSSR count). The molecule has 1 aliphatic heterocycles. The predicted octanol–water partition coefficient (Wildman–Crippen LogP) is 8.41. The summed E-state index contributed by atoms with van der Waals surface area (Å²) in [5, 5.41) is 4.90. The van der Waals surface area contributed by atoms with Gasteiger partial charge in [0, 0.05) is 6.42 Å². The first-order valence-corrected chi connectivity index (χ1v) is 12.4. The maximum Gasteiger partial charge on any atom is 0.109 e. The lowest BCUT2D eigenvalue weighted by Crippen LogP contribution is -2.38. The van der Waals surface area contributed by atoms with Crippen LogP contribution in [0.2, 0.25) is 0 Å². The predicted molar refractivity (Wildman–Crippen MR) is 115 cm³/mol. The summed E-state index contributed by atoms with van der Waals surface area (Å²) in [5.74, 6) is 0. The van der Waals surface area contributed by atoms with E-state index >= 15 is 0 Å². The summed E-state index contributed by atoms with van der Waals surface area (Å²) in [6.07, 6.45) is 24.6. The first-order chi connectivity index (χ1) is 13.8. The van der Waals surface area contributed by atoms with Crippen LogP contribution in [0.3, 0.4) is 0 Å². The molecule has 1 unspecified atom stereocenters. The van der Waals surface area contributed by atoms with Gasteiger partial charge in [-0.25, -0.2) is 4.89 Å². The van der Waals surface area contributed by atoms with Crippen molar-refractivity contribution in [1.82, 2.24) is 0 Å². The van der Waals surface area contributed by atoms with Gasteiger partial charge in [0.2, 0.25) is 0 Å². The zero-order valence-electron chi connectivity index (χ0n) is 18.7. The van der Waals surface area contributed by atoms with Crippen molar-refractivity contribution in [3.8, 4) is 0 Å². The second-order valence-electron chi connectivity index (χ2n) is 8.75. The van der Waals surface area contributed by atoms with Crippen LogP contribution in [0.25, 0.3) is 0 Å². The van der Waals surface area contributed by atoms with Gasteiger partial charge < -0.3 is 0 Å². The SMILES string of the molecule is CCCCCCCCCCCCCC1(CCCCCCCCF)CCOOO1. The molecule has 1 atom stereocenters. The lowest BCUT2D eigenvalue weighted by Gasteiger charge is -2.34. The number of alkyl halides is 1. The fourth-order valence-electron chi connectivity index (χ4n) is 4.22. The Bertz CT molecular complexity index is 319. The summed E-state index contributed by atoms with van der Waals surface area (Å²) in [6.45, 7) is 2.74. The van der Waals surface area contributed by atoms with E-state index in [1.807, 2.05) is 0 Å². The maximum atomic E-state index is 12.1. The van der Waals surface area contributed by atoms with E-state index in [-0.39, 0.29) is 12.3 Å². The molecule has 3 nitrogen and oxygen atoms in total. The molecular weight excluding hydrogens is 355 g/mol. The molecule has 0 aromatic carbocycles. The summed E-state index contributed by atoms with van der Waals surface area (Å²) >= 11 is 0. The van der Waals surface area contributed by atoms with Gasteiger partial charge in [0.25, 0.3) is 0 Å². The molecule has 1 aliphatic rings. The van der Waals surface area contributed by atoms with Gasteiger partial charge in [-0.2, -0.15) is 4.89 Å². The zero-order chi connectivity index (χ0) is 20.2. The third-order valence-corrected chi connectivity index (χ3v) is 6.15. The Morgan fingerprint density at radius 1 is 0.643 bits per heavy atom. The van der Waals surface area contributed by atoms with E-state index < -0.39 is 0 Å². The van der Waals surface area contributed by atoms with Crippen molar-refractivity contribution in [3.05, 3.63) is 0 Å². The molecular formula is C24H47FO3. The van der Waals surface area contributed by atoms with Crippen LogP contribution in [-0.4, -0.2) is 18.9 Å². The highest BCUT2D eigenvalue weighted by Gasteiger charge is 2.34. The van der Waals surface area contributed by atoms with Crippen LogP contribution in [0.1, 0.15) is 135 Å². The highest BCUT2D eigenvalue weighted by Crippen LogP contribution is 2.33. The molecule has 0 N–H and O–H groups in total. The van der Waals surface area contributed by atoms with E-state index in [2.05, 4.69) is 6.92 Å². The lowest BCUT2D eigenvalue weighted by atomic mass is 9.87. The van der Waals surface area contributed by atoms with Crippen LogP contribution in [-0.2, 0) is 14.8 Å². The first-order valence-electron chi connectivity index (χ1n) is 12.4. The van der Waals surface area contributed by atoms with Gasteiger partial charge >= 0.3 is 0 Å². The Morgan fingerprint density at radius 2 is 1.11 bits per heavy atom. The van der Waals surface area contributed by atoms with Crippen LogP contribution < -0.4 is 0 Å². The molecule has 28 heavy (non-hydrogen) atoms. The van der Waals surface area contributed by atoms with E-state index in [1.165, 1.54) is 83.5 Å². The normalized spacial score (nSPS) is 19.9. The quantitative estimate of drug-likeness (QED) is 0.151. The minimum atomic E-state index is -0.173. The minimum absolute atomic E-state index is 0.142. The maximum absolute atomic E-state index is 12.1. The highest BCUT2D eigenvalue weighted by molar-refractivity contribution is 4.80. The molecule has 4 heteroatoms. The van der Waals surface area contributed by atoms with Crippen molar-refractivity contribution in [2.45, 2.75) is 141 Å². The van der Waals surface area contributed by atoms with E-state index in [0.29, 0.717) is 6.61 Å². The van der Waals surface area contributed by atoms with Crippen molar-refractivity contribution >= 4 is 0 Å². The van der Waals surface area contributed by atoms with Crippen molar-refractivity contribution in [2.75, 3.05) is 13.3 Å². The Hall–Kier alpha value is -0.190. The van der Waals surface area contributed by atoms with Crippen LogP contribution in [0, 0.1) is 0 Å². The molecule has 0 amide bonds. The average Bonchev–Trinajstić information content (AvgIpc) is 2.72. The molecule has 0 aromatic heterocycles. The van der Waals surface area contributed by atoms with Gasteiger partial charge in [-0.1, -0.05) is 115 Å². The van der Waals surface area contributed by atoms with E-state index in [9.17, 15) is 4.39 Å². The van der Waals surface area contributed by atoms with Gasteiger partial charge in [-0.3, -0.25) is 4.39 Å². The van der Waals surface area contributed by atoms with Crippen LogP contribution >= 0.6 is 0 Å². The van der Waals surface area contributed by atoms with Crippen LogP contribution in [0.5, 0.6) is 0 Å². The molecule has 1 saturated heterocycles. The summed E-state index contributed by atoms with van der Waals surface area (Å²) < 4.78 is 12.1. The summed E-state index contributed by atoms with van der Waals surface area (Å²) in [5.41, 5.74) is -0.142. The zero-order valence-corrected chi connectivity index (χ0v) is 18.7. The standard InChI is InChI=1S/C24H47FO3/c1-2-3-4-5-6-7-8-9-10-13-16-19-24(21-23-26-28-27-24)20-17-14-11-12-15-18-22-25/h2-23H2,1H3. The van der Waals surface area contributed by atoms with E-state index in [0.717, 1.165) is 44.9 Å². The Morgan fingerprint density at radius 3 is 1.54 bits per heavy atom. The number of halogens is 1. The molecule has 0 bridgehead atoms. The second kappa shape index (κ2) is 18.8. The van der Waals surface area contributed by atoms with Gasteiger partial charge in [0.15, 0.2) is 0 Å². The van der Waals surface area contributed by atoms with Gasteiger partial charge in [-0.15, -0.1) is 0 Å². The van der Waals surface area contributed by atoms with Crippen molar-refractivity contribution < 1.29 is 19.2 Å². The second-order valence-corrected chi connectivity index (χ2v) is 8.75. The fraction of sp³-hybridized carbons (Fsp3) is 1.00. The van der Waals surface area contributed by atoms with Gasteiger partial charge in [-0.05, 0) is 19.3 Å². The molecule has 168 valence electrons. The lowest BCUT2D eigenvalue weighted by molar-refractivity contribution is -0.570. The smallest absolute Gasteiger partial charge is 0.109 e. The molecule has 1 heterocycles. The fourth-order valence-corrected chi connectivity index (χ4v) is 4.22. The number of hydrogen-bond donors (Lipinski definition) is 0. The molecule has 1 fully saturated rings. The molecule has 0 aliphatic carbocycles. The summed E-state index contributed by atoms with van der Waals surface area (Å²) in [4.78, 5) is 10.6. The monoisotopic (exact) mass is 402 g/mol. The Balaban J connectivity index is 2.03. The molecule has 0 aromatic rings. The summed E-state index contributed by atoms with van der Waals surface area (Å²) in [7, 11) is 0. The Labute approximate surface area is 173 Å². The average molecular weight is 403 g/mol. The highest BCUT2D eigenvalue weighted by atomic mass is 19.1. The van der Waals surface area contributed by atoms with Gasteiger partial charge in [0.1, 0.15) is 5.60 Å². The number of unbranched alkanes of at least 4 members (excludes halogenated alkanes) is 15. The van der Waals surface area contributed by atoms with Gasteiger partial charge in [0.05, 0.1) is 13.3 Å². The molecule has 0 saturated carbocycles. The number of hydrogen-bond acceptors (Lipinski definition) is 3. The Kier molecular flexibility index (Phi) is 17.4. The van der Waals surface area contributed by atoms with Crippen LogP contribution in [0.15, 0.2) is 0 Å². The molecule has 0 spiro atoms. The number of rotatable bonds is 20. The summed E-state index contributed by atoms with van der Waals surface area (Å²) in [6, 6.07) is 0. The van der Waals surface area contributed by atoms with E-state index in [1.54, 1.807) is 0 Å². The van der Waals surface area contributed by atoms with Crippen molar-refractivity contribution in [2.24, 2.45) is 0 Å². The van der Waals surface area contributed by atoms with Crippen molar-refractivity contribution in [1.29, 1.82) is 0 Å². The minimum Gasteiger partial charge on any atom is -0.251 e. The topological polar surface area (TPSA) is 27.7 Å². The molecule has 0 radical (unpaired) electrons. The third kappa shape index (κ3) is 13.9. The third-order valence-electron chi connectivity index (χ3n) is 6.15. The van der Waals surface area contributed by atoms with Crippen LogP contribution in [0.4, 0.5) is 4.39 Å². The van der Waals surface area contributed by atoms with Crippen molar-refractivity contribution in [3.63, 3.8) is 0 Å². The largest absolute Gasteiger partial charge is 0.251 e. The van der Waals surface area contributed by atoms with E-state index in [4.69, 9.17) is 14.8 Å².